The quantitative estimate of drug-likeness (QED) is 0.309. The van der Waals surface area contributed by atoms with Crippen LogP contribution in [0.25, 0.3) is 11.0 Å². The highest BCUT2D eigenvalue weighted by Gasteiger charge is 2.30. The van der Waals surface area contributed by atoms with E-state index in [4.69, 9.17) is 4.74 Å². The Morgan fingerprint density at radius 1 is 1.11 bits per heavy atom. The van der Waals surface area contributed by atoms with Crippen molar-refractivity contribution in [2.24, 2.45) is 0 Å². The van der Waals surface area contributed by atoms with Crippen molar-refractivity contribution in [3.05, 3.63) is 90.2 Å². The highest BCUT2D eigenvalue weighted by atomic mass is 32.2. The van der Waals surface area contributed by atoms with Crippen LogP contribution in [0.4, 0.5) is 5.82 Å². The maximum atomic E-state index is 13.4. The van der Waals surface area contributed by atoms with Crippen molar-refractivity contribution in [3.8, 4) is 11.5 Å². The number of hydrogen-bond acceptors (Lipinski definition) is 7. The summed E-state index contributed by atoms with van der Waals surface area (Å²) in [5, 5.41) is 4.82. The maximum Gasteiger partial charge on any atom is 0.235 e. The van der Waals surface area contributed by atoms with Crippen molar-refractivity contribution < 1.29 is 17.9 Å². The summed E-state index contributed by atoms with van der Waals surface area (Å²) in [6.45, 7) is 4.27. The zero-order chi connectivity index (χ0) is 25.8. The number of ketones is 1. The van der Waals surface area contributed by atoms with Crippen LogP contribution in [-0.4, -0.2) is 52.6 Å². The molecule has 0 spiro atoms. The lowest BCUT2D eigenvalue weighted by atomic mass is 10.0. The fraction of sp³-hybridized carbons (Fsp3) is 0.222. The molecule has 1 aliphatic rings. The van der Waals surface area contributed by atoms with E-state index in [1.165, 1.54) is 10.6 Å². The van der Waals surface area contributed by atoms with Gasteiger partial charge in [0.05, 0.1) is 10.9 Å². The number of rotatable bonds is 9. The molecule has 190 valence electrons. The lowest BCUT2D eigenvalue weighted by Gasteiger charge is -2.33. The number of nitrogens with one attached hydrogen (secondary N) is 2. The number of anilines is 1. The summed E-state index contributed by atoms with van der Waals surface area (Å²) in [4.78, 5) is 25.1. The van der Waals surface area contributed by atoms with E-state index < -0.39 is 10.0 Å². The highest BCUT2D eigenvalue weighted by Crippen LogP contribution is 2.28. The fourth-order valence-electron chi connectivity index (χ4n) is 4.55. The second-order valence-electron chi connectivity index (χ2n) is 8.77. The van der Waals surface area contributed by atoms with Crippen molar-refractivity contribution in [3.63, 3.8) is 0 Å². The third kappa shape index (κ3) is 5.25. The van der Waals surface area contributed by atoms with E-state index in [2.05, 4.69) is 26.8 Å². The van der Waals surface area contributed by atoms with Gasteiger partial charge < -0.3 is 15.0 Å². The zero-order valence-corrected chi connectivity index (χ0v) is 20.9. The van der Waals surface area contributed by atoms with Crippen LogP contribution in [-0.2, 0) is 10.0 Å². The topological polar surface area (TPSA) is 117 Å². The Morgan fingerprint density at radius 3 is 2.62 bits per heavy atom. The summed E-state index contributed by atoms with van der Waals surface area (Å²) in [6.07, 6.45) is 5.50. The Labute approximate surface area is 215 Å². The van der Waals surface area contributed by atoms with E-state index >= 15 is 0 Å². The van der Waals surface area contributed by atoms with Crippen molar-refractivity contribution in [1.29, 1.82) is 0 Å². The molecule has 0 radical (unpaired) electrons. The minimum Gasteiger partial charge on any atom is -0.457 e. The van der Waals surface area contributed by atoms with Crippen LogP contribution in [0, 0.1) is 0 Å². The smallest absolute Gasteiger partial charge is 0.235 e. The number of para-hydroxylation sites is 1. The number of hydrogen-bond donors (Lipinski definition) is 2. The minimum absolute atomic E-state index is 0.191. The van der Waals surface area contributed by atoms with Crippen LogP contribution < -0.4 is 10.1 Å². The van der Waals surface area contributed by atoms with Crippen LogP contribution in [0.5, 0.6) is 11.5 Å². The van der Waals surface area contributed by atoms with Crippen molar-refractivity contribution in [2.75, 3.05) is 18.4 Å². The zero-order valence-electron chi connectivity index (χ0n) is 20.1. The lowest BCUT2D eigenvalue weighted by molar-refractivity contribution is 0.104. The Balaban J connectivity index is 1.37. The summed E-state index contributed by atoms with van der Waals surface area (Å²) in [6, 6.07) is 16.1. The molecule has 9 nitrogen and oxygen atoms in total. The predicted octanol–water partition coefficient (Wildman–Crippen LogP) is 4.72. The molecular weight excluding hydrogens is 490 g/mol. The molecule has 5 rings (SSSR count). The first-order valence-electron chi connectivity index (χ1n) is 12.0. The molecule has 0 aliphatic carbocycles. The van der Waals surface area contributed by atoms with Gasteiger partial charge in [0, 0.05) is 36.3 Å². The number of benzene rings is 2. The summed E-state index contributed by atoms with van der Waals surface area (Å²) < 4.78 is 32.2. The first-order valence-corrected chi connectivity index (χ1v) is 13.5. The molecule has 1 fully saturated rings. The Bertz CT molecular complexity index is 1520. The van der Waals surface area contributed by atoms with Gasteiger partial charge in [0.1, 0.15) is 29.3 Å². The van der Waals surface area contributed by atoms with E-state index in [0.717, 1.165) is 24.7 Å². The number of piperidine rings is 1. The van der Waals surface area contributed by atoms with Gasteiger partial charge in [-0.2, -0.15) is 4.31 Å². The van der Waals surface area contributed by atoms with Crippen molar-refractivity contribution in [2.45, 2.75) is 25.3 Å². The van der Waals surface area contributed by atoms with Crippen molar-refractivity contribution >= 4 is 32.7 Å². The monoisotopic (exact) mass is 517 g/mol. The number of ether oxygens (including phenoxy) is 1. The SMILES string of the molecule is C=CS(=O)(=O)N1CCCCC1CNc1ncnc2[nH]cc(C(=O)c3ccc(Oc4ccccc4)cc3)c12. The first-order chi connectivity index (χ1) is 18.0. The molecule has 2 aromatic carbocycles. The van der Waals surface area contributed by atoms with Gasteiger partial charge in [0.2, 0.25) is 10.0 Å². The first kappa shape index (κ1) is 24.7. The molecule has 4 aromatic rings. The molecule has 0 bridgehead atoms. The van der Waals surface area contributed by atoms with Gasteiger partial charge in [0.15, 0.2) is 5.78 Å². The van der Waals surface area contributed by atoms with Gasteiger partial charge in [-0.15, -0.1) is 0 Å². The molecule has 1 aliphatic heterocycles. The highest BCUT2D eigenvalue weighted by molar-refractivity contribution is 7.92. The average molecular weight is 518 g/mol. The number of fused-ring (bicyclic) bond motifs is 1. The molecule has 1 atom stereocenters. The number of aromatic amines is 1. The number of carbonyl (C=O) groups excluding carboxylic acids is 1. The maximum absolute atomic E-state index is 13.4. The van der Waals surface area contributed by atoms with Crippen LogP contribution in [0.3, 0.4) is 0 Å². The summed E-state index contributed by atoms with van der Waals surface area (Å²) >= 11 is 0. The molecule has 2 N–H and O–H groups in total. The molecule has 3 heterocycles. The van der Waals surface area contributed by atoms with Crippen molar-refractivity contribution in [1.82, 2.24) is 19.3 Å². The van der Waals surface area contributed by atoms with Crippen LogP contribution in [0.1, 0.15) is 35.2 Å². The van der Waals surface area contributed by atoms with Gasteiger partial charge in [-0.25, -0.2) is 18.4 Å². The Hall–Kier alpha value is -4.02. The molecule has 37 heavy (non-hydrogen) atoms. The van der Waals surface area contributed by atoms with E-state index in [1.54, 1.807) is 30.5 Å². The third-order valence-electron chi connectivity index (χ3n) is 6.43. The van der Waals surface area contributed by atoms with Gasteiger partial charge in [-0.05, 0) is 49.2 Å². The summed E-state index contributed by atoms with van der Waals surface area (Å²) in [7, 11) is -3.53. The van der Waals surface area contributed by atoms with Crippen LogP contribution in [0.15, 0.2) is 79.1 Å². The third-order valence-corrected chi connectivity index (χ3v) is 7.98. The molecule has 0 saturated carbocycles. The number of H-pyrrole nitrogens is 1. The molecule has 10 heteroatoms. The lowest BCUT2D eigenvalue weighted by Crippen LogP contribution is -2.46. The predicted molar refractivity (Wildman–Crippen MR) is 142 cm³/mol. The standard InChI is InChI=1S/C27H27N5O4S/c1-2-37(34,35)32-15-7-6-8-20(32)16-28-26-24-23(17-29-27(24)31-18-30-26)25(33)19-11-13-22(14-12-19)36-21-9-4-3-5-10-21/h2-5,9-14,17-18,20H,1,6-8,15-16H2,(H2,28,29,30,31). The molecular formula is C27H27N5O4S. The van der Waals surface area contributed by atoms with Gasteiger partial charge in [0.25, 0.3) is 0 Å². The number of aromatic nitrogens is 3. The van der Waals surface area contributed by atoms with Gasteiger partial charge in [-0.3, -0.25) is 4.79 Å². The number of nitrogens with zero attached hydrogens (tertiary/aromatic N) is 3. The van der Waals surface area contributed by atoms with Crippen LogP contribution >= 0.6 is 0 Å². The summed E-state index contributed by atoms with van der Waals surface area (Å²) in [5.74, 6) is 1.62. The average Bonchev–Trinajstić information content (AvgIpc) is 3.37. The number of sulfonamides is 1. The number of carbonyl (C=O) groups is 1. The Morgan fingerprint density at radius 2 is 1.86 bits per heavy atom. The summed E-state index contributed by atoms with van der Waals surface area (Å²) in [5.41, 5.74) is 1.43. The molecule has 2 aromatic heterocycles. The largest absolute Gasteiger partial charge is 0.457 e. The van der Waals surface area contributed by atoms with E-state index in [9.17, 15) is 13.2 Å². The second-order valence-corrected chi connectivity index (χ2v) is 10.6. The fourth-order valence-corrected chi connectivity index (χ4v) is 5.72. The van der Waals surface area contributed by atoms with Gasteiger partial charge >= 0.3 is 0 Å². The molecule has 1 unspecified atom stereocenters. The minimum atomic E-state index is -3.53. The Kier molecular flexibility index (Phi) is 7.02. The van der Waals surface area contributed by atoms with Gasteiger partial charge in [-0.1, -0.05) is 31.2 Å². The molecule has 1 saturated heterocycles. The second kappa shape index (κ2) is 10.5. The van der Waals surface area contributed by atoms with E-state index in [-0.39, 0.29) is 11.8 Å². The normalized spacial score (nSPS) is 16.4. The van der Waals surface area contributed by atoms with Crippen LogP contribution in [0.2, 0.25) is 0 Å². The van der Waals surface area contributed by atoms with E-state index in [1.807, 2.05) is 30.3 Å². The molecule has 0 amide bonds. The van der Waals surface area contributed by atoms with E-state index in [0.29, 0.717) is 52.6 Å².